The Kier molecular flexibility index (Phi) is 4.86. The van der Waals surface area contributed by atoms with E-state index in [4.69, 9.17) is 4.98 Å². The van der Waals surface area contributed by atoms with E-state index in [1.54, 1.807) is 0 Å². The summed E-state index contributed by atoms with van der Waals surface area (Å²) in [6.45, 7) is 6.05. The van der Waals surface area contributed by atoms with Crippen LogP contribution in [0.2, 0.25) is 0 Å². The maximum atomic E-state index is 12.4. The molecular formula is C20H20N2OS. The van der Waals surface area contributed by atoms with Crippen molar-refractivity contribution < 1.29 is 4.79 Å². The molecule has 0 aliphatic heterocycles. The van der Waals surface area contributed by atoms with Crippen LogP contribution in [0.3, 0.4) is 0 Å². The zero-order chi connectivity index (χ0) is 17.1. The Morgan fingerprint density at radius 1 is 1.04 bits per heavy atom. The highest BCUT2D eigenvalue weighted by molar-refractivity contribution is 8.00. The Morgan fingerprint density at radius 2 is 1.79 bits per heavy atom. The lowest BCUT2D eigenvalue weighted by Crippen LogP contribution is -2.22. The van der Waals surface area contributed by atoms with Crippen molar-refractivity contribution in [2.45, 2.75) is 31.0 Å². The molecule has 0 radical (unpaired) electrons. The van der Waals surface area contributed by atoms with E-state index in [1.165, 1.54) is 22.7 Å². The van der Waals surface area contributed by atoms with Gasteiger partial charge in [0, 0.05) is 11.1 Å². The van der Waals surface area contributed by atoms with Gasteiger partial charge in [0.25, 0.3) is 0 Å². The van der Waals surface area contributed by atoms with Crippen LogP contribution >= 0.6 is 11.8 Å². The molecule has 4 heteroatoms. The van der Waals surface area contributed by atoms with Gasteiger partial charge in [-0.05, 0) is 50.1 Å². The van der Waals surface area contributed by atoms with E-state index >= 15 is 0 Å². The quantitative estimate of drug-likeness (QED) is 0.684. The molecule has 1 amide bonds. The molecule has 0 saturated carbocycles. The molecule has 1 heterocycles. The molecule has 1 aromatic heterocycles. The molecule has 2 aromatic carbocycles. The summed E-state index contributed by atoms with van der Waals surface area (Å²) in [4.78, 5) is 17.1. The number of pyridine rings is 1. The predicted octanol–water partition coefficient (Wildman–Crippen LogP) is 4.97. The number of aromatic nitrogens is 1. The highest BCUT2D eigenvalue weighted by Crippen LogP contribution is 2.28. The van der Waals surface area contributed by atoms with Crippen molar-refractivity contribution in [1.29, 1.82) is 0 Å². The van der Waals surface area contributed by atoms with E-state index in [0.29, 0.717) is 0 Å². The molecule has 1 N–H and O–H groups in total. The number of hydrogen-bond acceptors (Lipinski definition) is 3. The van der Waals surface area contributed by atoms with Crippen molar-refractivity contribution in [2.75, 3.05) is 5.32 Å². The van der Waals surface area contributed by atoms with Crippen LogP contribution in [0.5, 0.6) is 0 Å². The molecule has 0 fully saturated rings. The maximum absolute atomic E-state index is 12.4. The third kappa shape index (κ3) is 3.60. The standard InChI is InChI=1S/C20H20N2OS/c1-13-8-7-11-17-14(2)12-18(22-19(13)17)24-15(3)20(23)21-16-9-5-4-6-10-16/h4-12,15H,1-3H3,(H,21,23)/t15-/m1/s1. The number of rotatable bonds is 4. The highest BCUT2D eigenvalue weighted by Gasteiger charge is 2.16. The van der Waals surface area contributed by atoms with Gasteiger partial charge in [0.2, 0.25) is 5.91 Å². The third-order valence-corrected chi connectivity index (χ3v) is 4.95. The van der Waals surface area contributed by atoms with Crippen molar-refractivity contribution in [1.82, 2.24) is 4.98 Å². The average Bonchev–Trinajstić information content (AvgIpc) is 2.57. The monoisotopic (exact) mass is 336 g/mol. The molecule has 3 rings (SSSR count). The van der Waals surface area contributed by atoms with Gasteiger partial charge < -0.3 is 5.32 Å². The Bertz CT molecular complexity index is 877. The minimum absolute atomic E-state index is 0.0180. The molecular weight excluding hydrogens is 316 g/mol. The van der Waals surface area contributed by atoms with Crippen LogP contribution in [0.25, 0.3) is 10.9 Å². The number of thioether (sulfide) groups is 1. The molecule has 0 spiro atoms. The van der Waals surface area contributed by atoms with Gasteiger partial charge in [0.15, 0.2) is 0 Å². The molecule has 3 nitrogen and oxygen atoms in total. The summed E-state index contributed by atoms with van der Waals surface area (Å²) in [6.07, 6.45) is 0. The summed E-state index contributed by atoms with van der Waals surface area (Å²) in [5.74, 6) is -0.0180. The van der Waals surface area contributed by atoms with E-state index in [2.05, 4.69) is 43.4 Å². The zero-order valence-electron chi connectivity index (χ0n) is 14.0. The molecule has 0 aliphatic rings. The first-order valence-electron chi connectivity index (χ1n) is 7.94. The summed E-state index contributed by atoms with van der Waals surface area (Å²) in [6, 6.07) is 17.8. The number of hydrogen-bond donors (Lipinski definition) is 1. The van der Waals surface area contributed by atoms with Gasteiger partial charge in [-0.1, -0.05) is 48.2 Å². The van der Waals surface area contributed by atoms with E-state index in [9.17, 15) is 4.79 Å². The first-order valence-corrected chi connectivity index (χ1v) is 8.82. The van der Waals surface area contributed by atoms with Crippen LogP contribution in [-0.4, -0.2) is 16.1 Å². The molecule has 0 unspecified atom stereocenters. The summed E-state index contributed by atoms with van der Waals surface area (Å²) in [5.41, 5.74) is 4.16. The van der Waals surface area contributed by atoms with Gasteiger partial charge in [-0.15, -0.1) is 0 Å². The van der Waals surface area contributed by atoms with Gasteiger partial charge in [-0.2, -0.15) is 0 Å². The Morgan fingerprint density at radius 3 is 2.54 bits per heavy atom. The third-order valence-electron chi connectivity index (χ3n) is 3.93. The smallest absolute Gasteiger partial charge is 0.237 e. The van der Waals surface area contributed by atoms with Gasteiger partial charge >= 0.3 is 0 Å². The lowest BCUT2D eigenvalue weighted by Gasteiger charge is -2.13. The van der Waals surface area contributed by atoms with Crippen molar-refractivity contribution in [2.24, 2.45) is 0 Å². The van der Waals surface area contributed by atoms with Crippen molar-refractivity contribution in [3.8, 4) is 0 Å². The Hall–Kier alpha value is -2.33. The van der Waals surface area contributed by atoms with Crippen LogP contribution in [0, 0.1) is 13.8 Å². The molecule has 0 bridgehead atoms. The van der Waals surface area contributed by atoms with Crippen LogP contribution in [0.15, 0.2) is 59.6 Å². The first-order chi connectivity index (χ1) is 11.5. The first kappa shape index (κ1) is 16.5. The zero-order valence-corrected chi connectivity index (χ0v) is 14.9. The fraction of sp³-hybridized carbons (Fsp3) is 0.200. The normalized spacial score (nSPS) is 12.1. The van der Waals surface area contributed by atoms with Gasteiger partial charge in [0.05, 0.1) is 15.8 Å². The van der Waals surface area contributed by atoms with Crippen molar-refractivity contribution in [3.63, 3.8) is 0 Å². The van der Waals surface area contributed by atoms with Crippen LogP contribution in [0.4, 0.5) is 5.69 Å². The van der Waals surface area contributed by atoms with Crippen LogP contribution < -0.4 is 5.32 Å². The van der Waals surface area contributed by atoms with E-state index < -0.39 is 0 Å². The number of aryl methyl sites for hydroxylation is 2. The molecule has 1 atom stereocenters. The van der Waals surface area contributed by atoms with E-state index in [0.717, 1.165) is 21.8 Å². The number of benzene rings is 2. The second-order valence-electron chi connectivity index (χ2n) is 5.86. The second-order valence-corrected chi connectivity index (χ2v) is 7.22. The maximum Gasteiger partial charge on any atom is 0.237 e. The van der Waals surface area contributed by atoms with Gasteiger partial charge in [0.1, 0.15) is 0 Å². The number of carbonyl (C=O) groups is 1. The SMILES string of the molecule is Cc1cc(S[C@H](C)C(=O)Nc2ccccc2)nc2c(C)cccc12. The van der Waals surface area contributed by atoms with Crippen molar-refractivity contribution in [3.05, 3.63) is 65.7 Å². The number of anilines is 1. The minimum atomic E-state index is -0.224. The van der Waals surface area contributed by atoms with Crippen molar-refractivity contribution >= 4 is 34.3 Å². The molecule has 24 heavy (non-hydrogen) atoms. The van der Waals surface area contributed by atoms with Gasteiger partial charge in [-0.25, -0.2) is 4.98 Å². The highest BCUT2D eigenvalue weighted by atomic mass is 32.2. The van der Waals surface area contributed by atoms with E-state index in [1.807, 2.05) is 37.3 Å². The second kappa shape index (κ2) is 7.05. The summed E-state index contributed by atoms with van der Waals surface area (Å²) >= 11 is 1.49. The Labute approximate surface area is 146 Å². The number of amides is 1. The number of para-hydroxylation sites is 2. The fourth-order valence-electron chi connectivity index (χ4n) is 2.59. The fourth-order valence-corrected chi connectivity index (χ4v) is 3.51. The van der Waals surface area contributed by atoms with E-state index in [-0.39, 0.29) is 11.2 Å². The number of fused-ring (bicyclic) bond motifs is 1. The molecule has 0 aliphatic carbocycles. The largest absolute Gasteiger partial charge is 0.325 e. The van der Waals surface area contributed by atoms with Crippen LogP contribution in [-0.2, 0) is 4.79 Å². The number of carbonyl (C=O) groups excluding carboxylic acids is 1. The molecule has 0 saturated heterocycles. The number of nitrogens with zero attached hydrogens (tertiary/aromatic N) is 1. The molecule has 122 valence electrons. The average molecular weight is 336 g/mol. The summed E-state index contributed by atoms with van der Waals surface area (Å²) in [7, 11) is 0. The predicted molar refractivity (Wildman–Crippen MR) is 102 cm³/mol. The van der Waals surface area contributed by atoms with Gasteiger partial charge in [-0.3, -0.25) is 4.79 Å². The summed E-state index contributed by atoms with van der Waals surface area (Å²) < 4.78 is 0. The number of nitrogens with one attached hydrogen (secondary N) is 1. The van der Waals surface area contributed by atoms with Crippen LogP contribution in [0.1, 0.15) is 18.1 Å². The lowest BCUT2D eigenvalue weighted by molar-refractivity contribution is -0.115. The summed E-state index contributed by atoms with van der Waals surface area (Å²) in [5, 5.41) is 4.76. The topological polar surface area (TPSA) is 42.0 Å². The molecule has 3 aromatic rings. The minimum Gasteiger partial charge on any atom is -0.325 e. The lowest BCUT2D eigenvalue weighted by atomic mass is 10.1. The Balaban J connectivity index is 1.79.